The lowest BCUT2D eigenvalue weighted by Gasteiger charge is -2.09. The van der Waals surface area contributed by atoms with E-state index < -0.39 is 17.5 Å². The third-order valence-electron chi connectivity index (χ3n) is 2.10. The monoisotopic (exact) mass is 274 g/mol. The number of anilines is 3. The molecule has 0 spiro atoms. The second kappa shape index (κ2) is 4.69. The molecular weight excluding hydrogens is 269 g/mol. The lowest BCUT2D eigenvalue weighted by Crippen LogP contribution is -2.03. The van der Waals surface area contributed by atoms with E-state index in [9.17, 15) is 13.2 Å². The average molecular weight is 275 g/mol. The molecule has 0 radical (unpaired) electrons. The van der Waals surface area contributed by atoms with E-state index in [1.54, 1.807) is 0 Å². The molecule has 0 fully saturated rings. The molecule has 0 aliphatic carbocycles. The molecule has 0 aliphatic heterocycles. The Balaban J connectivity index is 2.40. The Morgan fingerprint density at radius 3 is 2.44 bits per heavy atom. The Bertz CT molecular complexity index is 606. The van der Waals surface area contributed by atoms with Crippen LogP contribution < -0.4 is 11.1 Å². The van der Waals surface area contributed by atoms with Gasteiger partial charge in [-0.3, -0.25) is 0 Å². The summed E-state index contributed by atoms with van der Waals surface area (Å²) in [5.41, 5.74) is 5.20. The number of hydrogen-bond donors (Lipinski definition) is 2. The van der Waals surface area contributed by atoms with E-state index in [-0.39, 0.29) is 22.3 Å². The summed E-state index contributed by atoms with van der Waals surface area (Å²) in [5.74, 6) is -3.47. The molecule has 0 bridgehead atoms. The van der Waals surface area contributed by atoms with E-state index in [0.29, 0.717) is 12.1 Å². The number of hydrogen-bond acceptors (Lipinski definition) is 4. The molecule has 18 heavy (non-hydrogen) atoms. The van der Waals surface area contributed by atoms with E-state index in [4.69, 9.17) is 17.3 Å². The molecule has 0 amide bonds. The minimum atomic E-state index is -1.29. The normalized spacial score (nSPS) is 10.4. The molecule has 0 unspecified atom stereocenters. The van der Waals surface area contributed by atoms with Crippen LogP contribution in [0.25, 0.3) is 0 Å². The van der Waals surface area contributed by atoms with Crippen molar-refractivity contribution in [3.63, 3.8) is 0 Å². The first-order valence-electron chi connectivity index (χ1n) is 4.66. The lowest BCUT2D eigenvalue weighted by molar-refractivity contribution is 0.496. The largest absolute Gasteiger partial charge is 0.393 e. The van der Waals surface area contributed by atoms with Crippen molar-refractivity contribution in [3.05, 3.63) is 41.1 Å². The number of nitrogen functional groups attached to an aromatic ring is 1. The zero-order valence-corrected chi connectivity index (χ0v) is 9.47. The highest BCUT2D eigenvalue weighted by atomic mass is 35.5. The molecule has 1 aromatic carbocycles. The number of benzene rings is 1. The Hall–Kier alpha value is -2.02. The molecule has 0 saturated heterocycles. The molecule has 1 heterocycles. The van der Waals surface area contributed by atoms with Gasteiger partial charge in [-0.25, -0.2) is 23.1 Å². The van der Waals surface area contributed by atoms with Gasteiger partial charge in [0.2, 0.25) is 0 Å². The molecule has 0 saturated carbocycles. The van der Waals surface area contributed by atoms with Crippen molar-refractivity contribution in [1.82, 2.24) is 9.97 Å². The second-order valence-corrected chi connectivity index (χ2v) is 3.66. The Kier molecular flexibility index (Phi) is 3.24. The first-order valence-corrected chi connectivity index (χ1v) is 5.04. The van der Waals surface area contributed by atoms with Gasteiger partial charge in [0.15, 0.2) is 22.6 Å². The summed E-state index contributed by atoms with van der Waals surface area (Å²) < 4.78 is 39.1. The number of nitrogens with one attached hydrogen (secondary N) is 1. The predicted molar refractivity (Wildman–Crippen MR) is 61.1 cm³/mol. The van der Waals surface area contributed by atoms with E-state index in [0.717, 1.165) is 6.33 Å². The number of rotatable bonds is 2. The van der Waals surface area contributed by atoms with E-state index >= 15 is 0 Å². The van der Waals surface area contributed by atoms with Crippen molar-refractivity contribution in [2.24, 2.45) is 0 Å². The highest BCUT2D eigenvalue weighted by molar-refractivity contribution is 6.32. The van der Waals surface area contributed by atoms with Crippen LogP contribution in [-0.2, 0) is 0 Å². The van der Waals surface area contributed by atoms with Crippen molar-refractivity contribution in [1.29, 1.82) is 0 Å². The minimum absolute atomic E-state index is 0.0000850. The van der Waals surface area contributed by atoms with Crippen LogP contribution in [-0.4, -0.2) is 9.97 Å². The van der Waals surface area contributed by atoms with Crippen LogP contribution in [0.15, 0.2) is 18.5 Å². The van der Waals surface area contributed by atoms with Gasteiger partial charge in [0.05, 0.1) is 5.69 Å². The Labute approximate surface area is 105 Å². The van der Waals surface area contributed by atoms with Crippen LogP contribution in [0.4, 0.5) is 30.4 Å². The highest BCUT2D eigenvalue weighted by Gasteiger charge is 2.12. The molecular formula is C10H6ClF3N4. The Morgan fingerprint density at radius 2 is 1.72 bits per heavy atom. The van der Waals surface area contributed by atoms with Gasteiger partial charge in [-0.05, 0) is 0 Å². The fraction of sp³-hybridized carbons (Fsp3) is 0. The van der Waals surface area contributed by atoms with Crippen LogP contribution in [0.3, 0.4) is 0 Å². The standard InChI is InChI=1S/C10H6ClF3N4/c11-9-8(15)10(17-3-16-9)18-7-2-5(13)4(12)1-6(7)14/h1-3H,15H2,(H,16,17,18). The maximum atomic E-state index is 13.4. The SMILES string of the molecule is Nc1c(Cl)ncnc1Nc1cc(F)c(F)cc1F. The average Bonchev–Trinajstić information content (AvgIpc) is 2.32. The third kappa shape index (κ3) is 2.30. The number of nitrogens with zero attached hydrogens (tertiary/aromatic N) is 2. The first-order chi connectivity index (χ1) is 8.49. The van der Waals surface area contributed by atoms with Crippen LogP contribution in [0.5, 0.6) is 0 Å². The van der Waals surface area contributed by atoms with E-state index in [2.05, 4.69) is 15.3 Å². The summed E-state index contributed by atoms with van der Waals surface area (Å²) >= 11 is 5.63. The molecule has 3 N–H and O–H groups in total. The summed E-state index contributed by atoms with van der Waals surface area (Å²) in [6.07, 6.45) is 1.10. The maximum Gasteiger partial charge on any atom is 0.161 e. The van der Waals surface area contributed by atoms with Crippen LogP contribution in [0.2, 0.25) is 5.15 Å². The molecule has 4 nitrogen and oxygen atoms in total. The van der Waals surface area contributed by atoms with Gasteiger partial charge in [-0.15, -0.1) is 0 Å². The fourth-order valence-corrected chi connectivity index (χ4v) is 1.35. The lowest BCUT2D eigenvalue weighted by atomic mass is 10.2. The quantitative estimate of drug-likeness (QED) is 0.653. The van der Waals surface area contributed by atoms with Crippen molar-refractivity contribution < 1.29 is 13.2 Å². The topological polar surface area (TPSA) is 63.8 Å². The van der Waals surface area contributed by atoms with Gasteiger partial charge in [0.1, 0.15) is 17.8 Å². The molecule has 0 aliphatic rings. The van der Waals surface area contributed by atoms with Crippen LogP contribution in [0, 0.1) is 17.5 Å². The zero-order valence-electron chi connectivity index (χ0n) is 8.72. The number of halogens is 4. The van der Waals surface area contributed by atoms with E-state index in [1.165, 1.54) is 0 Å². The van der Waals surface area contributed by atoms with Crippen molar-refractivity contribution >= 4 is 28.8 Å². The molecule has 94 valence electrons. The van der Waals surface area contributed by atoms with Gasteiger partial charge in [0, 0.05) is 12.1 Å². The predicted octanol–water partition coefficient (Wildman–Crippen LogP) is 2.87. The van der Waals surface area contributed by atoms with Gasteiger partial charge >= 0.3 is 0 Å². The smallest absolute Gasteiger partial charge is 0.161 e. The van der Waals surface area contributed by atoms with Gasteiger partial charge < -0.3 is 11.1 Å². The number of nitrogens with two attached hydrogens (primary N) is 1. The minimum Gasteiger partial charge on any atom is -0.393 e. The molecule has 2 aromatic rings. The van der Waals surface area contributed by atoms with Gasteiger partial charge in [0.25, 0.3) is 0 Å². The third-order valence-corrected chi connectivity index (χ3v) is 2.40. The van der Waals surface area contributed by atoms with Gasteiger partial charge in [-0.2, -0.15) is 0 Å². The molecule has 0 atom stereocenters. The van der Waals surface area contributed by atoms with Crippen molar-refractivity contribution in [2.45, 2.75) is 0 Å². The summed E-state index contributed by atoms with van der Waals surface area (Å²) in [6, 6.07) is 1.07. The van der Waals surface area contributed by atoms with Crippen molar-refractivity contribution in [2.75, 3.05) is 11.1 Å². The summed E-state index contributed by atoms with van der Waals surface area (Å²) in [7, 11) is 0. The van der Waals surface area contributed by atoms with E-state index in [1.807, 2.05) is 0 Å². The Morgan fingerprint density at radius 1 is 1.06 bits per heavy atom. The zero-order chi connectivity index (χ0) is 13.3. The summed E-state index contributed by atoms with van der Waals surface area (Å²) in [4.78, 5) is 7.31. The summed E-state index contributed by atoms with van der Waals surface area (Å²) in [5, 5.41) is 2.38. The van der Waals surface area contributed by atoms with Crippen LogP contribution >= 0.6 is 11.6 Å². The summed E-state index contributed by atoms with van der Waals surface area (Å²) in [6.45, 7) is 0. The van der Waals surface area contributed by atoms with Crippen LogP contribution in [0.1, 0.15) is 0 Å². The molecule has 1 aromatic heterocycles. The van der Waals surface area contributed by atoms with Crippen molar-refractivity contribution in [3.8, 4) is 0 Å². The fourth-order valence-electron chi connectivity index (χ4n) is 1.22. The van der Waals surface area contributed by atoms with Gasteiger partial charge in [-0.1, -0.05) is 11.6 Å². The first kappa shape index (κ1) is 12.4. The molecule has 8 heteroatoms. The second-order valence-electron chi connectivity index (χ2n) is 3.30. The number of aromatic nitrogens is 2. The maximum absolute atomic E-state index is 13.4. The molecule has 2 rings (SSSR count). The highest BCUT2D eigenvalue weighted by Crippen LogP contribution is 2.27.